The molecule has 0 aliphatic heterocycles. The van der Waals surface area contributed by atoms with Crippen molar-refractivity contribution in [2.75, 3.05) is 17.5 Å². The zero-order valence-electron chi connectivity index (χ0n) is 26.6. The third-order valence-electron chi connectivity index (χ3n) is 7.65. The Hall–Kier alpha value is -4.05. The van der Waals surface area contributed by atoms with E-state index in [0.29, 0.717) is 28.8 Å². The van der Waals surface area contributed by atoms with Gasteiger partial charge in [0.05, 0.1) is 17.2 Å². The van der Waals surface area contributed by atoms with E-state index in [4.69, 9.17) is 27.9 Å². The fourth-order valence-electron chi connectivity index (χ4n) is 4.92. The summed E-state index contributed by atoms with van der Waals surface area (Å²) in [5.41, 5.74) is 1.83. The monoisotopic (exact) mass is 695 g/mol. The Kier molecular flexibility index (Phi) is 12.7. The Labute approximate surface area is 287 Å². The summed E-state index contributed by atoms with van der Waals surface area (Å²) in [6.07, 6.45) is 0.912. The van der Waals surface area contributed by atoms with Gasteiger partial charge in [-0.3, -0.25) is 13.9 Å². The normalized spacial score (nSPS) is 12.5. The molecule has 2 amide bonds. The van der Waals surface area contributed by atoms with Gasteiger partial charge in [-0.05, 0) is 92.1 Å². The largest absolute Gasteiger partial charge is 0.494 e. The van der Waals surface area contributed by atoms with E-state index in [1.807, 2.05) is 51.1 Å². The van der Waals surface area contributed by atoms with Crippen molar-refractivity contribution in [2.45, 2.75) is 57.1 Å². The second-order valence-electron chi connectivity index (χ2n) is 11.1. The average molecular weight is 697 g/mol. The fourth-order valence-corrected chi connectivity index (χ4v) is 6.59. The molecular weight excluding hydrogens is 657 g/mol. The van der Waals surface area contributed by atoms with Gasteiger partial charge >= 0.3 is 0 Å². The molecule has 0 saturated heterocycles. The van der Waals surface area contributed by atoms with Crippen LogP contribution in [0.5, 0.6) is 5.75 Å². The zero-order chi connectivity index (χ0) is 34.0. The summed E-state index contributed by atoms with van der Waals surface area (Å²) in [5, 5.41) is 3.93. The molecule has 0 bridgehead atoms. The number of hydrogen-bond donors (Lipinski definition) is 1. The number of rotatable bonds is 15. The van der Waals surface area contributed by atoms with Gasteiger partial charge in [-0.1, -0.05) is 72.6 Å². The molecule has 4 aromatic rings. The minimum Gasteiger partial charge on any atom is -0.494 e. The van der Waals surface area contributed by atoms with Gasteiger partial charge in [0, 0.05) is 29.1 Å². The fraction of sp³-hybridized carbons (Fsp3) is 0.278. The molecule has 8 nitrogen and oxygen atoms in total. The second-order valence-corrected chi connectivity index (χ2v) is 13.8. The number of sulfonamides is 1. The van der Waals surface area contributed by atoms with Crippen molar-refractivity contribution >= 4 is 50.7 Å². The van der Waals surface area contributed by atoms with Crippen LogP contribution in [0.15, 0.2) is 108 Å². The Morgan fingerprint density at radius 3 is 1.98 bits per heavy atom. The summed E-state index contributed by atoms with van der Waals surface area (Å²) in [6.45, 7) is 5.61. The van der Waals surface area contributed by atoms with E-state index in [9.17, 15) is 18.0 Å². The van der Waals surface area contributed by atoms with Crippen molar-refractivity contribution in [3.63, 3.8) is 0 Å². The van der Waals surface area contributed by atoms with Gasteiger partial charge in [0.2, 0.25) is 11.8 Å². The number of carbonyl (C=O) groups excluding carboxylic acids is 2. The number of benzene rings is 4. The van der Waals surface area contributed by atoms with Crippen molar-refractivity contribution in [1.29, 1.82) is 0 Å². The molecule has 47 heavy (non-hydrogen) atoms. The highest BCUT2D eigenvalue weighted by molar-refractivity contribution is 7.92. The molecule has 2 atom stereocenters. The Morgan fingerprint density at radius 1 is 0.809 bits per heavy atom. The van der Waals surface area contributed by atoms with Crippen LogP contribution in [0, 0.1) is 0 Å². The maximum absolute atomic E-state index is 14.6. The molecule has 0 unspecified atom stereocenters. The molecular formula is C36H39Cl2N3O5S. The molecule has 0 heterocycles. The van der Waals surface area contributed by atoms with Gasteiger partial charge in [-0.25, -0.2) is 8.42 Å². The Bertz CT molecular complexity index is 1720. The standard InChI is InChI=1S/C36H39Cl2N3O5S/c1-4-26(3)39-36(43)34(23-27-9-7-6-8-10-27)40(24-28-11-13-29(37)14-12-28)35(42)25-41(31-17-19-32(20-18-31)46-5-2)47(44,45)33-21-15-30(38)16-22-33/h6-22,26,34H,4-5,23-25H2,1-3H3,(H,39,43)/t26-,34-/m1/s1. The van der Waals surface area contributed by atoms with Crippen LogP contribution in [0.25, 0.3) is 0 Å². The van der Waals surface area contributed by atoms with E-state index in [0.717, 1.165) is 15.4 Å². The highest BCUT2D eigenvalue weighted by Gasteiger charge is 2.35. The molecule has 0 spiro atoms. The van der Waals surface area contributed by atoms with Crippen molar-refractivity contribution in [3.05, 3.63) is 124 Å². The number of halogens is 2. The molecule has 0 aliphatic carbocycles. The smallest absolute Gasteiger partial charge is 0.264 e. The van der Waals surface area contributed by atoms with Gasteiger partial charge in [0.1, 0.15) is 18.3 Å². The van der Waals surface area contributed by atoms with E-state index < -0.39 is 28.5 Å². The first-order valence-electron chi connectivity index (χ1n) is 15.4. The van der Waals surface area contributed by atoms with E-state index in [1.165, 1.54) is 29.2 Å². The molecule has 248 valence electrons. The second kappa shape index (κ2) is 16.7. The number of carbonyl (C=O) groups is 2. The van der Waals surface area contributed by atoms with E-state index in [-0.39, 0.29) is 35.5 Å². The maximum atomic E-state index is 14.6. The van der Waals surface area contributed by atoms with Crippen molar-refractivity contribution in [3.8, 4) is 5.75 Å². The van der Waals surface area contributed by atoms with Gasteiger partial charge in [-0.15, -0.1) is 0 Å². The average Bonchev–Trinajstić information content (AvgIpc) is 3.07. The lowest BCUT2D eigenvalue weighted by Gasteiger charge is -2.34. The predicted molar refractivity (Wildman–Crippen MR) is 187 cm³/mol. The van der Waals surface area contributed by atoms with Crippen molar-refractivity contribution < 1.29 is 22.7 Å². The molecule has 4 rings (SSSR count). The van der Waals surface area contributed by atoms with E-state index in [2.05, 4.69) is 5.32 Å². The van der Waals surface area contributed by atoms with Crippen LogP contribution in [0.2, 0.25) is 10.0 Å². The van der Waals surface area contributed by atoms with Crippen LogP contribution >= 0.6 is 23.2 Å². The number of anilines is 1. The third-order valence-corrected chi connectivity index (χ3v) is 9.95. The maximum Gasteiger partial charge on any atom is 0.264 e. The lowest BCUT2D eigenvalue weighted by Crippen LogP contribution is -2.54. The van der Waals surface area contributed by atoms with Crippen LogP contribution in [0.3, 0.4) is 0 Å². The van der Waals surface area contributed by atoms with Gasteiger partial charge in [-0.2, -0.15) is 0 Å². The molecule has 0 saturated carbocycles. The first-order valence-corrected chi connectivity index (χ1v) is 17.6. The Balaban J connectivity index is 1.80. The SMILES string of the molecule is CCOc1ccc(N(CC(=O)N(Cc2ccc(Cl)cc2)[C@H](Cc2ccccc2)C(=O)N[C@H](C)CC)S(=O)(=O)c2ccc(Cl)cc2)cc1. The van der Waals surface area contributed by atoms with Crippen LogP contribution in [-0.2, 0) is 32.6 Å². The molecule has 4 aromatic carbocycles. The molecule has 0 radical (unpaired) electrons. The first kappa shape index (κ1) is 35.8. The van der Waals surface area contributed by atoms with Crippen LogP contribution in [-0.4, -0.2) is 50.4 Å². The Morgan fingerprint density at radius 2 is 1.40 bits per heavy atom. The van der Waals surface area contributed by atoms with Gasteiger partial charge < -0.3 is 15.0 Å². The van der Waals surface area contributed by atoms with E-state index in [1.54, 1.807) is 48.5 Å². The van der Waals surface area contributed by atoms with Crippen molar-refractivity contribution in [2.24, 2.45) is 0 Å². The number of hydrogen-bond acceptors (Lipinski definition) is 5. The minimum atomic E-state index is -4.26. The first-order chi connectivity index (χ1) is 22.5. The van der Waals surface area contributed by atoms with Crippen LogP contribution < -0.4 is 14.4 Å². The van der Waals surface area contributed by atoms with Gasteiger partial charge in [0.25, 0.3) is 10.0 Å². The summed E-state index contributed by atoms with van der Waals surface area (Å²) >= 11 is 12.2. The molecule has 0 aliphatic rings. The highest BCUT2D eigenvalue weighted by Crippen LogP contribution is 2.28. The van der Waals surface area contributed by atoms with Gasteiger partial charge in [0.15, 0.2) is 0 Å². The van der Waals surface area contributed by atoms with Crippen LogP contribution in [0.4, 0.5) is 5.69 Å². The quantitative estimate of drug-likeness (QED) is 0.143. The lowest BCUT2D eigenvalue weighted by atomic mass is 10.0. The molecule has 11 heteroatoms. The molecule has 1 N–H and O–H groups in total. The number of ether oxygens (including phenoxy) is 1. The predicted octanol–water partition coefficient (Wildman–Crippen LogP) is 7.14. The molecule has 0 aromatic heterocycles. The highest BCUT2D eigenvalue weighted by atomic mass is 35.5. The number of nitrogens with zero attached hydrogens (tertiary/aromatic N) is 2. The summed E-state index contributed by atoms with van der Waals surface area (Å²) in [4.78, 5) is 29.9. The summed E-state index contributed by atoms with van der Waals surface area (Å²) in [7, 11) is -4.26. The van der Waals surface area contributed by atoms with Crippen molar-refractivity contribution in [1.82, 2.24) is 10.2 Å². The summed E-state index contributed by atoms with van der Waals surface area (Å²) in [6, 6.07) is 27.5. The molecule has 0 fully saturated rings. The third kappa shape index (κ3) is 9.73. The summed E-state index contributed by atoms with van der Waals surface area (Å²) in [5.74, 6) is -0.342. The topological polar surface area (TPSA) is 96.0 Å². The number of amides is 2. The van der Waals surface area contributed by atoms with Crippen LogP contribution in [0.1, 0.15) is 38.3 Å². The van der Waals surface area contributed by atoms with E-state index >= 15 is 0 Å². The lowest BCUT2D eigenvalue weighted by molar-refractivity contribution is -0.140. The number of nitrogens with one attached hydrogen (secondary N) is 1. The zero-order valence-corrected chi connectivity index (χ0v) is 28.9. The summed E-state index contributed by atoms with van der Waals surface area (Å²) < 4.78 is 35.0. The minimum absolute atomic E-state index is 0.0387.